The Kier molecular flexibility index (Phi) is 5.46. The summed E-state index contributed by atoms with van der Waals surface area (Å²) < 4.78 is 12.0. The maximum Gasteiger partial charge on any atom is 0.243 e. The molecule has 0 fully saturated rings. The first-order valence-corrected chi connectivity index (χ1v) is 10.5. The zero-order valence-electron chi connectivity index (χ0n) is 18.4. The van der Waals surface area contributed by atoms with Crippen LogP contribution < -0.4 is 0 Å². The predicted octanol–water partition coefficient (Wildman–Crippen LogP) is 2.95. The second-order valence-corrected chi connectivity index (χ2v) is 7.62. The van der Waals surface area contributed by atoms with Crippen LogP contribution in [0.15, 0.2) is 83.5 Å². The minimum atomic E-state index is -0.664. The normalized spacial score (nSPS) is 19.2. The van der Waals surface area contributed by atoms with Gasteiger partial charge in [0.25, 0.3) is 0 Å². The highest BCUT2D eigenvalue weighted by Crippen LogP contribution is 2.32. The molecule has 34 heavy (non-hydrogen) atoms. The van der Waals surface area contributed by atoms with Gasteiger partial charge in [-0.3, -0.25) is 19.6 Å². The van der Waals surface area contributed by atoms with Gasteiger partial charge in [0.15, 0.2) is 0 Å². The molecule has 3 aromatic rings. The molecule has 2 aliphatic heterocycles. The van der Waals surface area contributed by atoms with E-state index in [1.807, 2.05) is 0 Å². The van der Waals surface area contributed by atoms with Gasteiger partial charge in [-0.1, -0.05) is 0 Å². The van der Waals surface area contributed by atoms with Gasteiger partial charge in [0.1, 0.15) is 0 Å². The van der Waals surface area contributed by atoms with E-state index < -0.39 is 12.5 Å². The number of benzene rings is 1. The van der Waals surface area contributed by atoms with Gasteiger partial charge in [-0.2, -0.15) is 10.0 Å². The summed E-state index contributed by atoms with van der Waals surface area (Å²) in [6.07, 6.45) is 5.21. The van der Waals surface area contributed by atoms with Crippen molar-refractivity contribution in [2.45, 2.75) is 26.3 Å². The Balaban J connectivity index is 1.38. The molecule has 2 amide bonds. The number of carbonyl (C=O) groups excluding carboxylic acids is 2. The fraction of sp³-hybridized carbons (Fsp3) is 0.167. The van der Waals surface area contributed by atoms with Crippen molar-refractivity contribution in [3.05, 3.63) is 95.6 Å². The highest BCUT2D eigenvalue weighted by Gasteiger charge is 2.34. The largest absolute Gasteiger partial charge is 0.446 e. The molecule has 2 aliphatic rings. The lowest BCUT2D eigenvalue weighted by Gasteiger charge is -2.19. The van der Waals surface area contributed by atoms with Gasteiger partial charge in [0, 0.05) is 60.9 Å². The van der Waals surface area contributed by atoms with Crippen LogP contribution in [0.25, 0.3) is 0 Å². The van der Waals surface area contributed by atoms with Crippen molar-refractivity contribution < 1.29 is 19.1 Å². The van der Waals surface area contributed by atoms with E-state index in [1.165, 1.54) is 23.9 Å². The quantitative estimate of drug-likeness (QED) is 0.597. The number of ether oxygens (including phenoxy) is 2. The maximum absolute atomic E-state index is 12.1. The fourth-order valence-electron chi connectivity index (χ4n) is 3.61. The van der Waals surface area contributed by atoms with Gasteiger partial charge < -0.3 is 9.47 Å². The lowest BCUT2D eigenvalue weighted by atomic mass is 10.1. The van der Waals surface area contributed by atoms with Gasteiger partial charge in [0.2, 0.25) is 36.1 Å². The van der Waals surface area contributed by atoms with Gasteiger partial charge in [-0.05, 0) is 48.5 Å². The Morgan fingerprint density at radius 2 is 1.00 bits per heavy atom. The molecular weight excluding hydrogens is 436 g/mol. The maximum atomic E-state index is 12.1. The van der Waals surface area contributed by atoms with Gasteiger partial charge in [0.05, 0.1) is 0 Å². The van der Waals surface area contributed by atoms with E-state index in [-0.39, 0.29) is 11.8 Å². The third-order valence-electron chi connectivity index (χ3n) is 5.29. The van der Waals surface area contributed by atoms with Crippen molar-refractivity contribution in [3.8, 4) is 0 Å². The number of hydrogen-bond donors (Lipinski definition) is 0. The summed E-state index contributed by atoms with van der Waals surface area (Å²) >= 11 is 0. The first kappa shape index (κ1) is 21.3. The zero-order valence-corrected chi connectivity index (χ0v) is 18.4. The summed E-state index contributed by atoms with van der Waals surface area (Å²) in [6.45, 7) is 2.87. The van der Waals surface area contributed by atoms with Crippen LogP contribution in [0.5, 0.6) is 0 Å². The molecule has 10 heteroatoms. The number of rotatable bonds is 4. The Bertz CT molecular complexity index is 1180. The average Bonchev–Trinajstić information content (AvgIpc) is 3.51. The zero-order chi connectivity index (χ0) is 23.7. The van der Waals surface area contributed by atoms with Crippen molar-refractivity contribution in [1.82, 2.24) is 20.0 Å². The molecule has 170 valence electrons. The van der Waals surface area contributed by atoms with Crippen LogP contribution in [0.4, 0.5) is 0 Å². The van der Waals surface area contributed by atoms with Crippen LogP contribution in [0.3, 0.4) is 0 Å². The van der Waals surface area contributed by atoms with E-state index >= 15 is 0 Å². The van der Waals surface area contributed by atoms with Crippen molar-refractivity contribution >= 4 is 23.6 Å². The van der Waals surface area contributed by atoms with Crippen LogP contribution in [0.1, 0.15) is 48.6 Å². The van der Waals surface area contributed by atoms with Crippen molar-refractivity contribution in [2.24, 2.45) is 10.2 Å². The van der Waals surface area contributed by atoms with E-state index in [1.54, 1.807) is 73.3 Å². The predicted molar refractivity (Wildman–Crippen MR) is 121 cm³/mol. The van der Waals surface area contributed by atoms with Gasteiger partial charge >= 0.3 is 0 Å². The van der Waals surface area contributed by atoms with Crippen molar-refractivity contribution in [3.63, 3.8) is 0 Å². The first-order valence-electron chi connectivity index (χ1n) is 10.5. The van der Waals surface area contributed by atoms with E-state index in [0.717, 1.165) is 11.1 Å². The number of hydrogen-bond acceptors (Lipinski definition) is 8. The lowest BCUT2D eigenvalue weighted by molar-refractivity contribution is -0.136. The van der Waals surface area contributed by atoms with Crippen LogP contribution in [-0.2, 0) is 19.1 Å². The molecule has 10 nitrogen and oxygen atoms in total. The molecule has 0 N–H and O–H groups in total. The van der Waals surface area contributed by atoms with E-state index in [2.05, 4.69) is 20.2 Å². The van der Waals surface area contributed by atoms with Gasteiger partial charge in [-0.25, -0.2) is 0 Å². The SMILES string of the molecule is CC(=O)N1N=C(c2ccc(C3=NN(C(C)=O)C(c4ccncc4)O3)cc2)OC1c1ccncc1. The number of pyridine rings is 2. The number of carbonyl (C=O) groups is 2. The van der Waals surface area contributed by atoms with Crippen LogP contribution >= 0.6 is 0 Å². The van der Waals surface area contributed by atoms with E-state index in [4.69, 9.17) is 9.47 Å². The molecule has 0 saturated heterocycles. The Hall–Kier alpha value is -4.60. The minimum Gasteiger partial charge on any atom is -0.446 e. The summed E-state index contributed by atoms with van der Waals surface area (Å²) in [5.41, 5.74) is 2.89. The molecule has 2 atom stereocenters. The minimum absolute atomic E-state index is 0.242. The summed E-state index contributed by atoms with van der Waals surface area (Å²) in [5.74, 6) is 0.151. The molecule has 0 aliphatic carbocycles. The molecule has 0 radical (unpaired) electrons. The first-order chi connectivity index (χ1) is 16.5. The molecule has 0 bridgehead atoms. The van der Waals surface area contributed by atoms with Gasteiger partial charge in [-0.15, -0.1) is 10.2 Å². The molecular formula is C24H20N6O4. The molecule has 5 rings (SSSR count). The lowest BCUT2D eigenvalue weighted by Crippen LogP contribution is -2.25. The summed E-state index contributed by atoms with van der Waals surface area (Å²) in [4.78, 5) is 32.3. The van der Waals surface area contributed by atoms with E-state index in [9.17, 15) is 9.59 Å². The topological polar surface area (TPSA) is 110 Å². The van der Waals surface area contributed by atoms with Crippen LogP contribution in [-0.4, -0.2) is 43.6 Å². The fourth-order valence-corrected chi connectivity index (χ4v) is 3.61. The Labute approximate surface area is 195 Å². The second kappa shape index (κ2) is 8.74. The van der Waals surface area contributed by atoms with Crippen LogP contribution in [0.2, 0.25) is 0 Å². The smallest absolute Gasteiger partial charge is 0.243 e. The number of amides is 2. The monoisotopic (exact) mass is 456 g/mol. The molecule has 0 spiro atoms. The van der Waals surface area contributed by atoms with Crippen molar-refractivity contribution in [2.75, 3.05) is 0 Å². The molecule has 2 aromatic heterocycles. The number of aromatic nitrogens is 2. The Morgan fingerprint density at radius 3 is 1.32 bits per heavy atom. The average molecular weight is 456 g/mol. The highest BCUT2D eigenvalue weighted by atomic mass is 16.5. The molecule has 1 aromatic carbocycles. The second-order valence-electron chi connectivity index (χ2n) is 7.62. The summed E-state index contributed by atoms with van der Waals surface area (Å²) in [5, 5.41) is 11.3. The molecule has 0 saturated carbocycles. The third-order valence-corrected chi connectivity index (χ3v) is 5.29. The molecule has 2 unspecified atom stereocenters. The Morgan fingerprint density at radius 1 is 0.647 bits per heavy atom. The number of hydrazone groups is 2. The summed E-state index contributed by atoms with van der Waals surface area (Å²) in [6, 6.07) is 14.3. The number of nitrogens with zero attached hydrogens (tertiary/aromatic N) is 6. The van der Waals surface area contributed by atoms with E-state index in [0.29, 0.717) is 22.9 Å². The van der Waals surface area contributed by atoms with Crippen LogP contribution in [0, 0.1) is 0 Å². The third kappa shape index (κ3) is 3.96. The highest BCUT2D eigenvalue weighted by molar-refractivity contribution is 5.99. The summed E-state index contributed by atoms with van der Waals surface area (Å²) in [7, 11) is 0. The molecule has 4 heterocycles. The van der Waals surface area contributed by atoms with Crippen molar-refractivity contribution in [1.29, 1.82) is 0 Å². The standard InChI is InChI=1S/C24H20N6O4/c1-15(31)29-23(19-7-11-25-12-8-19)33-21(27-29)17-3-5-18(6-4-17)22-28-30(16(2)32)24(34-22)20-9-13-26-14-10-20/h3-14,23-24H,1-2H3.